The standard InChI is InChI=1S/C11H14N4O4S/c1-4-18-11-12-5-9(6-13-11)15-20(16,17)10-7(2)14-19-8(10)3/h5-6,15H,4H2,1-3H3. The van der Waals surface area contributed by atoms with Gasteiger partial charge in [-0.1, -0.05) is 5.16 Å². The Labute approximate surface area is 116 Å². The monoisotopic (exact) mass is 298 g/mol. The van der Waals surface area contributed by atoms with Crippen LogP contribution in [0.25, 0.3) is 0 Å². The van der Waals surface area contributed by atoms with Crippen LogP contribution >= 0.6 is 0 Å². The average Bonchev–Trinajstić information content (AvgIpc) is 2.72. The molecule has 20 heavy (non-hydrogen) atoms. The molecule has 0 aliphatic carbocycles. The first-order chi connectivity index (χ1) is 9.44. The molecule has 0 saturated heterocycles. The van der Waals surface area contributed by atoms with E-state index in [0.717, 1.165) is 0 Å². The molecule has 2 aromatic rings. The number of aryl methyl sites for hydroxylation is 2. The molecule has 0 bridgehead atoms. The van der Waals surface area contributed by atoms with E-state index in [1.165, 1.54) is 19.3 Å². The lowest BCUT2D eigenvalue weighted by molar-refractivity contribution is 0.312. The predicted molar refractivity (Wildman–Crippen MR) is 70.0 cm³/mol. The maximum atomic E-state index is 12.2. The minimum absolute atomic E-state index is 0.0198. The highest BCUT2D eigenvalue weighted by Crippen LogP contribution is 2.21. The number of nitrogens with zero attached hydrogens (tertiary/aromatic N) is 3. The lowest BCUT2D eigenvalue weighted by Crippen LogP contribution is -2.15. The SMILES string of the molecule is CCOc1ncc(NS(=O)(=O)c2c(C)noc2C)cn1. The van der Waals surface area contributed by atoms with Crippen molar-refractivity contribution >= 4 is 15.7 Å². The van der Waals surface area contributed by atoms with Gasteiger partial charge in [0.1, 0.15) is 5.69 Å². The van der Waals surface area contributed by atoms with Crippen molar-refractivity contribution in [1.82, 2.24) is 15.1 Å². The highest BCUT2D eigenvalue weighted by molar-refractivity contribution is 7.92. The van der Waals surface area contributed by atoms with E-state index < -0.39 is 10.0 Å². The van der Waals surface area contributed by atoms with Gasteiger partial charge in [-0.15, -0.1) is 0 Å². The first kappa shape index (κ1) is 14.3. The van der Waals surface area contributed by atoms with Crippen molar-refractivity contribution in [3.63, 3.8) is 0 Å². The third kappa shape index (κ3) is 2.87. The summed E-state index contributed by atoms with van der Waals surface area (Å²) in [7, 11) is -3.78. The number of rotatable bonds is 5. The van der Waals surface area contributed by atoms with Crippen LogP contribution in [0.15, 0.2) is 21.8 Å². The van der Waals surface area contributed by atoms with Gasteiger partial charge in [-0.3, -0.25) is 4.72 Å². The fourth-order valence-corrected chi connectivity index (χ4v) is 3.00. The van der Waals surface area contributed by atoms with E-state index in [-0.39, 0.29) is 22.4 Å². The zero-order valence-corrected chi connectivity index (χ0v) is 12.1. The molecular weight excluding hydrogens is 284 g/mol. The van der Waals surface area contributed by atoms with E-state index in [2.05, 4.69) is 19.8 Å². The molecule has 108 valence electrons. The Hall–Kier alpha value is -2.16. The Morgan fingerprint density at radius 1 is 1.30 bits per heavy atom. The van der Waals surface area contributed by atoms with E-state index in [4.69, 9.17) is 9.26 Å². The maximum Gasteiger partial charge on any atom is 0.316 e. The van der Waals surface area contributed by atoms with Crippen LogP contribution in [0.1, 0.15) is 18.4 Å². The van der Waals surface area contributed by atoms with Gasteiger partial charge in [0.25, 0.3) is 10.0 Å². The minimum atomic E-state index is -3.78. The van der Waals surface area contributed by atoms with Gasteiger partial charge < -0.3 is 9.26 Å². The van der Waals surface area contributed by atoms with Gasteiger partial charge in [0.15, 0.2) is 10.7 Å². The van der Waals surface area contributed by atoms with Crippen molar-refractivity contribution in [1.29, 1.82) is 0 Å². The van der Waals surface area contributed by atoms with Crippen LogP contribution in [0.2, 0.25) is 0 Å². The van der Waals surface area contributed by atoms with Crippen molar-refractivity contribution in [2.75, 3.05) is 11.3 Å². The van der Waals surface area contributed by atoms with Crippen molar-refractivity contribution in [3.05, 3.63) is 23.8 Å². The second-order valence-electron chi connectivity index (χ2n) is 3.95. The third-order valence-corrected chi connectivity index (χ3v) is 4.02. The van der Waals surface area contributed by atoms with Gasteiger partial charge >= 0.3 is 6.01 Å². The zero-order valence-electron chi connectivity index (χ0n) is 11.2. The Kier molecular flexibility index (Phi) is 3.89. The van der Waals surface area contributed by atoms with E-state index in [1.807, 2.05) is 0 Å². The molecule has 0 aromatic carbocycles. The Morgan fingerprint density at radius 2 is 1.95 bits per heavy atom. The molecule has 0 aliphatic heterocycles. The Balaban J connectivity index is 2.24. The number of hydrogen-bond acceptors (Lipinski definition) is 7. The number of ether oxygens (including phenoxy) is 1. The van der Waals surface area contributed by atoms with Gasteiger partial charge in [-0.25, -0.2) is 18.4 Å². The highest BCUT2D eigenvalue weighted by atomic mass is 32.2. The minimum Gasteiger partial charge on any atom is -0.464 e. The van der Waals surface area contributed by atoms with Gasteiger partial charge in [0, 0.05) is 0 Å². The molecule has 2 rings (SSSR count). The van der Waals surface area contributed by atoms with E-state index >= 15 is 0 Å². The van der Waals surface area contributed by atoms with Crippen LogP contribution < -0.4 is 9.46 Å². The summed E-state index contributed by atoms with van der Waals surface area (Å²) in [6.07, 6.45) is 2.65. The molecule has 0 spiro atoms. The van der Waals surface area contributed by atoms with Crippen molar-refractivity contribution in [2.24, 2.45) is 0 Å². The van der Waals surface area contributed by atoms with Gasteiger partial charge in [0.05, 0.1) is 24.7 Å². The molecule has 8 nitrogen and oxygen atoms in total. The van der Waals surface area contributed by atoms with Crippen LogP contribution in [-0.4, -0.2) is 30.1 Å². The molecule has 0 atom stereocenters. The molecule has 0 aliphatic rings. The summed E-state index contributed by atoms with van der Waals surface area (Å²) >= 11 is 0. The molecule has 2 aromatic heterocycles. The lowest BCUT2D eigenvalue weighted by atomic mass is 10.4. The summed E-state index contributed by atoms with van der Waals surface area (Å²) in [6, 6.07) is 0.188. The van der Waals surface area contributed by atoms with Crippen LogP contribution in [0.5, 0.6) is 6.01 Å². The molecule has 0 saturated carbocycles. The number of anilines is 1. The summed E-state index contributed by atoms with van der Waals surface area (Å²) < 4.78 is 36.7. The van der Waals surface area contributed by atoms with Crippen molar-refractivity contribution < 1.29 is 17.7 Å². The second-order valence-corrected chi connectivity index (χ2v) is 5.57. The Bertz CT molecular complexity index is 674. The fraction of sp³-hybridized carbons (Fsp3) is 0.364. The van der Waals surface area contributed by atoms with Crippen LogP contribution in [0.3, 0.4) is 0 Å². The zero-order chi connectivity index (χ0) is 14.8. The van der Waals surface area contributed by atoms with E-state index in [0.29, 0.717) is 12.3 Å². The molecule has 0 fully saturated rings. The van der Waals surface area contributed by atoms with Crippen LogP contribution in [-0.2, 0) is 10.0 Å². The van der Waals surface area contributed by atoms with Gasteiger partial charge in [-0.2, -0.15) is 0 Å². The number of sulfonamides is 1. The first-order valence-electron chi connectivity index (χ1n) is 5.84. The average molecular weight is 298 g/mol. The summed E-state index contributed by atoms with van der Waals surface area (Å²) in [5.41, 5.74) is 0.523. The largest absolute Gasteiger partial charge is 0.464 e. The quantitative estimate of drug-likeness (QED) is 0.885. The van der Waals surface area contributed by atoms with Gasteiger partial charge in [-0.05, 0) is 20.8 Å². The molecular formula is C11H14N4O4S. The van der Waals surface area contributed by atoms with Crippen LogP contribution in [0.4, 0.5) is 5.69 Å². The molecule has 9 heteroatoms. The summed E-state index contributed by atoms with van der Waals surface area (Å²) in [5.74, 6) is 0.224. The summed E-state index contributed by atoms with van der Waals surface area (Å²) in [4.78, 5) is 7.78. The van der Waals surface area contributed by atoms with Crippen molar-refractivity contribution in [3.8, 4) is 6.01 Å². The normalized spacial score (nSPS) is 11.3. The smallest absolute Gasteiger partial charge is 0.316 e. The number of nitrogens with one attached hydrogen (secondary N) is 1. The number of aromatic nitrogens is 3. The summed E-state index contributed by atoms with van der Waals surface area (Å²) in [6.45, 7) is 5.32. The third-order valence-electron chi connectivity index (χ3n) is 2.39. The maximum absolute atomic E-state index is 12.2. The number of hydrogen-bond donors (Lipinski definition) is 1. The van der Waals surface area contributed by atoms with Crippen LogP contribution in [0, 0.1) is 13.8 Å². The fourth-order valence-electron chi connectivity index (χ4n) is 1.64. The molecule has 1 N–H and O–H groups in total. The molecule has 0 amide bonds. The second kappa shape index (κ2) is 5.45. The van der Waals surface area contributed by atoms with E-state index in [9.17, 15) is 8.42 Å². The van der Waals surface area contributed by atoms with Crippen molar-refractivity contribution in [2.45, 2.75) is 25.7 Å². The lowest BCUT2D eigenvalue weighted by Gasteiger charge is -2.07. The predicted octanol–water partition coefficient (Wildman–Crippen LogP) is 1.28. The topological polar surface area (TPSA) is 107 Å². The van der Waals surface area contributed by atoms with Gasteiger partial charge in [0.2, 0.25) is 0 Å². The molecule has 0 radical (unpaired) electrons. The molecule has 0 unspecified atom stereocenters. The molecule has 2 heterocycles. The Morgan fingerprint density at radius 3 is 2.45 bits per heavy atom. The highest BCUT2D eigenvalue weighted by Gasteiger charge is 2.24. The first-order valence-corrected chi connectivity index (χ1v) is 7.33. The van der Waals surface area contributed by atoms with E-state index in [1.54, 1.807) is 13.8 Å². The summed E-state index contributed by atoms with van der Waals surface area (Å²) in [5, 5.41) is 3.62.